The zero-order chi connectivity index (χ0) is 15.4. The van der Waals surface area contributed by atoms with Gasteiger partial charge in [-0.1, -0.05) is 23.9 Å². The lowest BCUT2D eigenvalue weighted by Crippen LogP contribution is -2.42. The number of nitrogens with zero attached hydrogens (tertiary/aromatic N) is 1. The number of fused-ring (bicyclic) bond motifs is 1. The lowest BCUT2D eigenvalue weighted by Gasteiger charge is -2.04. The van der Waals surface area contributed by atoms with Crippen LogP contribution in [0.1, 0.15) is 10.6 Å². The third-order valence-corrected chi connectivity index (χ3v) is 3.49. The van der Waals surface area contributed by atoms with Gasteiger partial charge < -0.3 is 8.83 Å². The van der Waals surface area contributed by atoms with Gasteiger partial charge in [-0.2, -0.15) is 0 Å². The fourth-order valence-corrected chi connectivity index (χ4v) is 2.31. The highest BCUT2D eigenvalue weighted by atomic mass is 32.2. The molecule has 0 aliphatic heterocycles. The summed E-state index contributed by atoms with van der Waals surface area (Å²) < 4.78 is 10.4. The number of hydrazine groups is 1. The van der Waals surface area contributed by atoms with Crippen molar-refractivity contribution < 1.29 is 18.4 Å². The Morgan fingerprint density at radius 2 is 2.00 bits per heavy atom. The molecule has 0 radical (unpaired) electrons. The first kappa shape index (κ1) is 14.2. The minimum Gasteiger partial charge on any atom is -0.459 e. The summed E-state index contributed by atoms with van der Waals surface area (Å²) >= 11 is 1.14. The number of rotatable bonds is 4. The van der Waals surface area contributed by atoms with Crippen molar-refractivity contribution in [3.8, 4) is 0 Å². The van der Waals surface area contributed by atoms with Crippen molar-refractivity contribution in [2.24, 2.45) is 0 Å². The summed E-state index contributed by atoms with van der Waals surface area (Å²) in [5.41, 5.74) is 5.93. The van der Waals surface area contributed by atoms with Crippen LogP contribution in [0.3, 0.4) is 0 Å². The molecule has 1 aromatic carbocycles. The van der Waals surface area contributed by atoms with Crippen molar-refractivity contribution in [3.63, 3.8) is 0 Å². The largest absolute Gasteiger partial charge is 0.459 e. The van der Waals surface area contributed by atoms with Crippen molar-refractivity contribution in [1.82, 2.24) is 15.8 Å². The van der Waals surface area contributed by atoms with Crippen molar-refractivity contribution in [2.45, 2.75) is 5.22 Å². The van der Waals surface area contributed by atoms with Crippen LogP contribution < -0.4 is 10.9 Å². The first-order valence-corrected chi connectivity index (χ1v) is 7.32. The van der Waals surface area contributed by atoms with Gasteiger partial charge in [-0.3, -0.25) is 20.4 Å². The molecule has 2 aromatic heterocycles. The Hall–Kier alpha value is -2.74. The molecule has 0 fully saturated rings. The molecule has 2 heterocycles. The normalized spacial score (nSPS) is 10.5. The minimum absolute atomic E-state index is 0.0608. The number of benzene rings is 1. The number of para-hydroxylation sites is 2. The lowest BCUT2D eigenvalue weighted by molar-refractivity contribution is -0.119. The molecule has 112 valence electrons. The number of carbonyl (C=O) groups excluding carboxylic acids is 2. The van der Waals surface area contributed by atoms with Gasteiger partial charge in [0.15, 0.2) is 11.3 Å². The minimum atomic E-state index is -0.523. The molecule has 0 atom stereocenters. The van der Waals surface area contributed by atoms with E-state index in [1.807, 2.05) is 18.2 Å². The molecule has 3 rings (SSSR count). The van der Waals surface area contributed by atoms with Crippen molar-refractivity contribution in [2.75, 3.05) is 5.75 Å². The Bertz CT molecular complexity index is 764. The molecule has 0 bridgehead atoms. The van der Waals surface area contributed by atoms with E-state index in [0.717, 1.165) is 17.3 Å². The number of hydrogen-bond acceptors (Lipinski definition) is 6. The molecular weight excluding hydrogens is 306 g/mol. The summed E-state index contributed by atoms with van der Waals surface area (Å²) in [7, 11) is 0. The highest BCUT2D eigenvalue weighted by Gasteiger charge is 2.11. The Kier molecular flexibility index (Phi) is 4.10. The van der Waals surface area contributed by atoms with Crippen molar-refractivity contribution >= 4 is 34.7 Å². The van der Waals surface area contributed by atoms with E-state index < -0.39 is 5.91 Å². The standard InChI is InChI=1S/C14H11N3O4S/c18-12(16-17-13(19)11-6-3-7-20-11)8-22-14-15-9-4-1-2-5-10(9)21-14/h1-7H,8H2,(H,16,18)(H,17,19). The Balaban J connectivity index is 1.49. The van der Waals surface area contributed by atoms with Gasteiger partial charge in [0.05, 0.1) is 12.0 Å². The fraction of sp³-hybridized carbons (Fsp3) is 0.0714. The van der Waals surface area contributed by atoms with Crippen molar-refractivity contribution in [1.29, 1.82) is 0 Å². The second-order valence-corrected chi connectivity index (χ2v) is 5.14. The number of aromatic nitrogens is 1. The van der Waals surface area contributed by atoms with Gasteiger partial charge in [0.25, 0.3) is 5.22 Å². The Morgan fingerprint density at radius 1 is 1.14 bits per heavy atom. The molecular formula is C14H11N3O4S. The second-order valence-electron chi connectivity index (χ2n) is 4.22. The van der Waals surface area contributed by atoms with Crippen LogP contribution in [0.4, 0.5) is 0 Å². The van der Waals surface area contributed by atoms with Gasteiger partial charge in [-0.05, 0) is 24.3 Å². The number of hydrogen-bond donors (Lipinski definition) is 2. The van der Waals surface area contributed by atoms with E-state index >= 15 is 0 Å². The molecule has 3 aromatic rings. The molecule has 0 spiro atoms. The van der Waals surface area contributed by atoms with Crippen LogP contribution in [-0.2, 0) is 4.79 Å². The Morgan fingerprint density at radius 3 is 2.77 bits per heavy atom. The van der Waals surface area contributed by atoms with Crippen LogP contribution in [-0.4, -0.2) is 22.6 Å². The summed E-state index contributed by atoms with van der Waals surface area (Å²) in [6, 6.07) is 10.4. The predicted octanol–water partition coefficient (Wildman–Crippen LogP) is 1.97. The van der Waals surface area contributed by atoms with E-state index in [1.54, 1.807) is 12.1 Å². The van der Waals surface area contributed by atoms with E-state index in [0.29, 0.717) is 10.8 Å². The molecule has 0 unspecified atom stereocenters. The first-order valence-electron chi connectivity index (χ1n) is 6.33. The van der Waals surface area contributed by atoms with E-state index in [1.165, 1.54) is 12.3 Å². The van der Waals surface area contributed by atoms with Crippen molar-refractivity contribution in [3.05, 3.63) is 48.4 Å². The van der Waals surface area contributed by atoms with Crippen LogP contribution in [0.25, 0.3) is 11.1 Å². The van der Waals surface area contributed by atoms with Crippen LogP contribution in [0.15, 0.2) is 56.7 Å². The van der Waals surface area contributed by atoms with Gasteiger partial charge >= 0.3 is 5.91 Å². The summed E-state index contributed by atoms with van der Waals surface area (Å²) in [5, 5.41) is 0.397. The number of thioether (sulfide) groups is 1. The molecule has 0 saturated heterocycles. The molecule has 0 saturated carbocycles. The Labute approximate surface area is 129 Å². The van der Waals surface area contributed by atoms with Gasteiger partial charge in [0.2, 0.25) is 5.91 Å². The monoisotopic (exact) mass is 317 g/mol. The van der Waals surface area contributed by atoms with Gasteiger partial charge in [0.1, 0.15) is 5.52 Å². The first-order chi connectivity index (χ1) is 10.7. The highest BCUT2D eigenvalue weighted by molar-refractivity contribution is 7.99. The fourth-order valence-electron chi connectivity index (χ4n) is 1.67. The molecule has 0 aliphatic rings. The number of furan rings is 1. The van der Waals surface area contributed by atoms with Crippen LogP contribution >= 0.6 is 11.8 Å². The predicted molar refractivity (Wildman–Crippen MR) is 79.0 cm³/mol. The second kappa shape index (κ2) is 6.35. The van der Waals surface area contributed by atoms with Gasteiger partial charge in [-0.15, -0.1) is 0 Å². The summed E-state index contributed by atoms with van der Waals surface area (Å²) in [6.07, 6.45) is 1.37. The summed E-state index contributed by atoms with van der Waals surface area (Å²) in [4.78, 5) is 27.4. The highest BCUT2D eigenvalue weighted by Crippen LogP contribution is 2.22. The molecule has 2 N–H and O–H groups in total. The van der Waals surface area contributed by atoms with E-state index in [4.69, 9.17) is 8.83 Å². The quantitative estimate of drug-likeness (QED) is 0.564. The molecule has 22 heavy (non-hydrogen) atoms. The zero-order valence-corrected chi connectivity index (χ0v) is 12.1. The average Bonchev–Trinajstić information content (AvgIpc) is 3.19. The lowest BCUT2D eigenvalue weighted by atomic mass is 10.3. The van der Waals surface area contributed by atoms with Gasteiger partial charge in [-0.25, -0.2) is 4.98 Å². The van der Waals surface area contributed by atoms with E-state index in [2.05, 4.69) is 15.8 Å². The summed E-state index contributed by atoms with van der Waals surface area (Å²) in [6.45, 7) is 0. The molecule has 2 amide bonds. The van der Waals surface area contributed by atoms with E-state index in [9.17, 15) is 9.59 Å². The number of amides is 2. The summed E-state index contributed by atoms with van der Waals surface area (Å²) in [5.74, 6) is -0.727. The third kappa shape index (κ3) is 3.29. The number of nitrogens with one attached hydrogen (secondary N) is 2. The molecule has 7 nitrogen and oxygen atoms in total. The number of oxazole rings is 1. The maximum atomic E-state index is 11.7. The van der Waals surface area contributed by atoms with Crippen LogP contribution in [0.2, 0.25) is 0 Å². The maximum Gasteiger partial charge on any atom is 0.305 e. The van der Waals surface area contributed by atoms with Crippen LogP contribution in [0.5, 0.6) is 0 Å². The topological polar surface area (TPSA) is 97.4 Å². The number of carbonyl (C=O) groups is 2. The van der Waals surface area contributed by atoms with Crippen LogP contribution in [0, 0.1) is 0 Å². The van der Waals surface area contributed by atoms with Gasteiger partial charge in [0, 0.05) is 0 Å². The SMILES string of the molecule is O=C(CSc1nc2ccccc2o1)NNC(=O)c1ccco1. The molecule has 0 aliphatic carbocycles. The van der Waals surface area contributed by atoms with E-state index in [-0.39, 0.29) is 17.4 Å². The molecule has 8 heteroatoms. The third-order valence-electron chi connectivity index (χ3n) is 2.66. The zero-order valence-electron chi connectivity index (χ0n) is 11.2. The maximum absolute atomic E-state index is 11.7. The smallest absolute Gasteiger partial charge is 0.305 e. The average molecular weight is 317 g/mol.